The molecule has 1 amide bonds. The van der Waals surface area contributed by atoms with Gasteiger partial charge in [0, 0.05) is 30.7 Å². The zero-order valence-corrected chi connectivity index (χ0v) is 10.2. The number of halogens is 1. The molecule has 0 radical (unpaired) electrons. The fraction of sp³-hybridized carbons (Fsp3) is 0.889. The molecule has 1 unspecified atom stereocenters. The lowest BCUT2D eigenvalue weighted by Gasteiger charge is -2.12. The van der Waals surface area contributed by atoms with E-state index in [0.717, 1.165) is 37.8 Å². The third-order valence-electron chi connectivity index (χ3n) is 2.62. The summed E-state index contributed by atoms with van der Waals surface area (Å²) in [5, 5.41) is 6.12. The second-order valence-electron chi connectivity index (χ2n) is 3.75. The Kier molecular flexibility index (Phi) is 5.74. The molecule has 0 aromatic rings. The average Bonchev–Trinajstić information content (AvgIpc) is 2.87. The molecule has 0 spiro atoms. The van der Waals surface area contributed by atoms with E-state index in [4.69, 9.17) is 4.74 Å². The normalized spacial score (nSPS) is 29.9. The van der Waals surface area contributed by atoms with Crippen molar-refractivity contribution in [2.75, 3.05) is 31.4 Å². The highest BCUT2D eigenvalue weighted by atomic mass is 35.5. The van der Waals surface area contributed by atoms with Crippen LogP contribution in [0.3, 0.4) is 0 Å². The van der Waals surface area contributed by atoms with E-state index >= 15 is 0 Å². The van der Waals surface area contributed by atoms with Crippen molar-refractivity contribution in [2.45, 2.75) is 12.5 Å². The van der Waals surface area contributed by atoms with E-state index in [1.165, 1.54) is 0 Å². The summed E-state index contributed by atoms with van der Waals surface area (Å²) in [6.07, 6.45) is 1.08. The summed E-state index contributed by atoms with van der Waals surface area (Å²) in [6, 6.07) is 0.0160. The van der Waals surface area contributed by atoms with Crippen LogP contribution in [0.15, 0.2) is 0 Å². The number of rotatable bonds is 3. The molecule has 0 aromatic carbocycles. The molecule has 2 aliphatic heterocycles. The molecule has 2 heterocycles. The second kappa shape index (κ2) is 6.58. The highest BCUT2D eigenvalue weighted by Crippen LogP contribution is 2.12. The Labute approximate surface area is 100 Å². The molecule has 15 heavy (non-hydrogen) atoms. The molecule has 88 valence electrons. The number of carbonyl (C=O) groups excluding carboxylic acids is 1. The first-order chi connectivity index (χ1) is 6.86. The third-order valence-corrected chi connectivity index (χ3v) is 3.56. The van der Waals surface area contributed by atoms with Gasteiger partial charge in [-0.15, -0.1) is 24.2 Å². The molecular formula is C9H17ClN2O2S. The Morgan fingerprint density at radius 2 is 2.47 bits per heavy atom. The summed E-state index contributed by atoms with van der Waals surface area (Å²) in [4.78, 5) is 11.6. The van der Waals surface area contributed by atoms with Crippen molar-refractivity contribution in [3.8, 4) is 0 Å². The van der Waals surface area contributed by atoms with Crippen molar-refractivity contribution in [3.63, 3.8) is 0 Å². The van der Waals surface area contributed by atoms with E-state index in [9.17, 15) is 4.79 Å². The van der Waals surface area contributed by atoms with Gasteiger partial charge in [-0.2, -0.15) is 0 Å². The van der Waals surface area contributed by atoms with E-state index < -0.39 is 0 Å². The van der Waals surface area contributed by atoms with Gasteiger partial charge in [-0.1, -0.05) is 0 Å². The molecule has 2 atom stereocenters. The first-order valence-corrected chi connectivity index (χ1v) is 6.18. The zero-order valence-electron chi connectivity index (χ0n) is 8.53. The number of hydrogen-bond acceptors (Lipinski definition) is 4. The standard InChI is InChI=1S/C9H16N2O2S.ClH/c12-9(8-5-14-6-11-8)10-3-7-1-2-13-4-7;/h7-8,11H,1-6H2,(H,10,12);1H/t7?,8-;/m1./s1. The Morgan fingerprint density at radius 3 is 3.07 bits per heavy atom. The first-order valence-electron chi connectivity index (χ1n) is 5.03. The van der Waals surface area contributed by atoms with Crippen LogP contribution < -0.4 is 10.6 Å². The summed E-state index contributed by atoms with van der Waals surface area (Å²) in [5.41, 5.74) is 0. The maximum Gasteiger partial charge on any atom is 0.238 e. The molecule has 0 bridgehead atoms. The summed E-state index contributed by atoms with van der Waals surface area (Å²) < 4.78 is 5.24. The molecule has 2 fully saturated rings. The van der Waals surface area contributed by atoms with E-state index in [-0.39, 0.29) is 24.4 Å². The lowest BCUT2D eigenvalue weighted by molar-refractivity contribution is -0.122. The van der Waals surface area contributed by atoms with Crippen molar-refractivity contribution in [3.05, 3.63) is 0 Å². The van der Waals surface area contributed by atoms with Crippen LogP contribution in [0.4, 0.5) is 0 Å². The van der Waals surface area contributed by atoms with Gasteiger partial charge < -0.3 is 10.1 Å². The molecule has 0 aliphatic carbocycles. The lowest BCUT2D eigenvalue weighted by Crippen LogP contribution is -2.43. The Balaban J connectivity index is 0.00000112. The van der Waals surface area contributed by atoms with Crippen LogP contribution in [0.2, 0.25) is 0 Å². The van der Waals surface area contributed by atoms with Crippen molar-refractivity contribution in [1.82, 2.24) is 10.6 Å². The van der Waals surface area contributed by atoms with Crippen LogP contribution in [0.1, 0.15) is 6.42 Å². The number of nitrogens with one attached hydrogen (secondary N) is 2. The summed E-state index contributed by atoms with van der Waals surface area (Å²) in [5.74, 6) is 2.45. The monoisotopic (exact) mass is 252 g/mol. The zero-order chi connectivity index (χ0) is 9.80. The molecule has 2 aliphatic rings. The van der Waals surface area contributed by atoms with Gasteiger partial charge in [0.1, 0.15) is 0 Å². The number of ether oxygens (including phenoxy) is 1. The van der Waals surface area contributed by atoms with Crippen LogP contribution in [-0.2, 0) is 9.53 Å². The Hall–Kier alpha value is 0.0300. The highest BCUT2D eigenvalue weighted by Gasteiger charge is 2.23. The highest BCUT2D eigenvalue weighted by molar-refractivity contribution is 7.99. The van der Waals surface area contributed by atoms with Gasteiger partial charge in [0.2, 0.25) is 5.91 Å². The Bertz CT molecular complexity index is 206. The second-order valence-corrected chi connectivity index (χ2v) is 4.78. The predicted octanol–water partition coefficient (Wildman–Crippen LogP) is 0.223. The average molecular weight is 253 g/mol. The van der Waals surface area contributed by atoms with Gasteiger partial charge in [0.25, 0.3) is 0 Å². The summed E-state index contributed by atoms with van der Waals surface area (Å²) in [7, 11) is 0. The van der Waals surface area contributed by atoms with Crippen LogP contribution in [0.25, 0.3) is 0 Å². The molecular weight excluding hydrogens is 236 g/mol. The van der Waals surface area contributed by atoms with Crippen molar-refractivity contribution < 1.29 is 9.53 Å². The fourth-order valence-electron chi connectivity index (χ4n) is 1.68. The molecule has 0 saturated carbocycles. The van der Waals surface area contributed by atoms with Crippen molar-refractivity contribution in [2.24, 2.45) is 5.92 Å². The van der Waals surface area contributed by atoms with E-state index in [1.807, 2.05) is 0 Å². The molecule has 2 N–H and O–H groups in total. The number of hydrogen-bond donors (Lipinski definition) is 2. The quantitative estimate of drug-likeness (QED) is 0.755. The molecule has 2 saturated heterocycles. The van der Waals surface area contributed by atoms with Crippen LogP contribution in [0.5, 0.6) is 0 Å². The van der Waals surface area contributed by atoms with Crippen LogP contribution in [-0.4, -0.2) is 43.3 Å². The molecule has 0 aromatic heterocycles. The molecule has 4 nitrogen and oxygen atoms in total. The van der Waals surface area contributed by atoms with E-state index in [0.29, 0.717) is 5.92 Å². The van der Waals surface area contributed by atoms with Gasteiger partial charge in [-0.3, -0.25) is 10.1 Å². The minimum atomic E-state index is 0. The molecule has 6 heteroatoms. The maximum absolute atomic E-state index is 11.6. The van der Waals surface area contributed by atoms with E-state index in [2.05, 4.69) is 10.6 Å². The van der Waals surface area contributed by atoms with Crippen LogP contribution in [0, 0.1) is 5.92 Å². The minimum absolute atomic E-state index is 0. The molecule has 2 rings (SSSR count). The number of amides is 1. The number of thioether (sulfide) groups is 1. The fourth-order valence-corrected chi connectivity index (χ4v) is 2.62. The number of carbonyl (C=O) groups is 1. The summed E-state index contributed by atoms with van der Waals surface area (Å²) in [6.45, 7) is 2.41. The topological polar surface area (TPSA) is 50.4 Å². The largest absolute Gasteiger partial charge is 0.381 e. The minimum Gasteiger partial charge on any atom is -0.381 e. The van der Waals surface area contributed by atoms with Crippen molar-refractivity contribution >= 4 is 30.1 Å². The van der Waals surface area contributed by atoms with Crippen molar-refractivity contribution in [1.29, 1.82) is 0 Å². The lowest BCUT2D eigenvalue weighted by atomic mass is 10.1. The smallest absolute Gasteiger partial charge is 0.238 e. The SMILES string of the molecule is Cl.O=C(NCC1CCOC1)[C@H]1CSCN1. The predicted molar refractivity (Wildman–Crippen MR) is 63.4 cm³/mol. The maximum atomic E-state index is 11.6. The summed E-state index contributed by atoms with van der Waals surface area (Å²) >= 11 is 1.77. The first kappa shape index (κ1) is 13.1. The van der Waals surface area contributed by atoms with Gasteiger partial charge in [0.15, 0.2) is 0 Å². The van der Waals surface area contributed by atoms with Gasteiger partial charge in [-0.25, -0.2) is 0 Å². The van der Waals surface area contributed by atoms with Crippen LogP contribution >= 0.6 is 24.2 Å². The van der Waals surface area contributed by atoms with Gasteiger partial charge in [-0.05, 0) is 6.42 Å². The van der Waals surface area contributed by atoms with Gasteiger partial charge >= 0.3 is 0 Å². The Morgan fingerprint density at radius 1 is 1.60 bits per heavy atom. The van der Waals surface area contributed by atoms with Gasteiger partial charge in [0.05, 0.1) is 12.6 Å². The third kappa shape index (κ3) is 3.83. The van der Waals surface area contributed by atoms with E-state index in [1.54, 1.807) is 11.8 Å².